The van der Waals surface area contributed by atoms with Gasteiger partial charge in [-0.3, -0.25) is 9.59 Å². The Labute approximate surface area is 151 Å². The second-order valence-corrected chi connectivity index (χ2v) is 5.81. The molecule has 1 aromatic carbocycles. The maximum atomic E-state index is 11.6. The van der Waals surface area contributed by atoms with E-state index in [4.69, 9.17) is 21.1 Å². The summed E-state index contributed by atoms with van der Waals surface area (Å²) in [6.45, 7) is 3.36. The van der Waals surface area contributed by atoms with Crippen LogP contribution in [0.15, 0.2) is 24.3 Å². The van der Waals surface area contributed by atoms with Crippen LogP contribution in [-0.2, 0) is 19.1 Å². The van der Waals surface area contributed by atoms with E-state index in [2.05, 4.69) is 5.32 Å². The largest absolute Gasteiger partial charge is 0.481 e. The monoisotopic (exact) mass is 371 g/mol. The smallest absolute Gasteiger partial charge is 0.410 e. The Morgan fingerprint density at radius 2 is 1.84 bits per heavy atom. The number of carboxylic acids is 1. The molecule has 8 heteroatoms. The number of ether oxygens (including phenoxy) is 2. The van der Waals surface area contributed by atoms with Crippen LogP contribution in [-0.4, -0.2) is 36.0 Å². The summed E-state index contributed by atoms with van der Waals surface area (Å²) in [7, 11) is 0. The topological polar surface area (TPSA) is 102 Å². The minimum absolute atomic E-state index is 0.0913. The molecule has 0 aliphatic heterocycles. The van der Waals surface area contributed by atoms with Crippen LogP contribution in [0.4, 0.5) is 4.79 Å². The quantitative estimate of drug-likeness (QED) is 0.510. The van der Waals surface area contributed by atoms with E-state index in [1.54, 1.807) is 24.3 Å². The molecule has 2 N–H and O–H groups in total. The highest BCUT2D eigenvalue weighted by Crippen LogP contribution is 2.21. The Kier molecular flexibility index (Phi) is 8.77. The number of hydrogen-bond acceptors (Lipinski definition) is 5. The van der Waals surface area contributed by atoms with Crippen LogP contribution < -0.4 is 5.32 Å². The number of halogens is 1. The lowest BCUT2D eigenvalue weighted by atomic mass is 9.96. The predicted octanol–water partition coefficient (Wildman–Crippen LogP) is 3.31. The molecule has 0 aromatic heterocycles. The first-order chi connectivity index (χ1) is 11.8. The molecule has 138 valence electrons. The number of esters is 1. The number of nitrogens with one attached hydrogen (secondary N) is 1. The van der Waals surface area contributed by atoms with Gasteiger partial charge in [-0.25, -0.2) is 4.79 Å². The molecule has 25 heavy (non-hydrogen) atoms. The van der Waals surface area contributed by atoms with Gasteiger partial charge in [0.15, 0.2) is 0 Å². The summed E-state index contributed by atoms with van der Waals surface area (Å²) in [6, 6.07) is 6.49. The Morgan fingerprint density at radius 1 is 1.20 bits per heavy atom. The molecule has 1 rings (SSSR count). The van der Waals surface area contributed by atoms with Gasteiger partial charge in [0.05, 0.1) is 5.92 Å². The van der Waals surface area contributed by atoms with E-state index >= 15 is 0 Å². The number of alkyl carbamates (subject to hydrolysis) is 1. The number of carboxylic acid groups (broad SMARTS) is 1. The van der Waals surface area contributed by atoms with Gasteiger partial charge in [-0.15, -0.1) is 0 Å². The van der Waals surface area contributed by atoms with Crippen molar-refractivity contribution in [2.24, 2.45) is 0 Å². The Morgan fingerprint density at radius 3 is 2.40 bits per heavy atom. The lowest BCUT2D eigenvalue weighted by molar-refractivity contribution is -0.164. The first-order valence-corrected chi connectivity index (χ1v) is 8.33. The Hall–Kier alpha value is -2.28. The molecule has 0 spiro atoms. The van der Waals surface area contributed by atoms with Crippen molar-refractivity contribution in [2.75, 3.05) is 6.54 Å². The lowest BCUT2D eigenvalue weighted by Gasteiger charge is -2.16. The van der Waals surface area contributed by atoms with Crippen LogP contribution in [0.2, 0.25) is 5.02 Å². The van der Waals surface area contributed by atoms with Crippen molar-refractivity contribution in [1.29, 1.82) is 0 Å². The van der Waals surface area contributed by atoms with E-state index < -0.39 is 30.2 Å². The minimum atomic E-state index is -1.01. The molecule has 7 nitrogen and oxygen atoms in total. The highest BCUT2D eigenvalue weighted by atomic mass is 35.5. The highest BCUT2D eigenvalue weighted by Gasteiger charge is 2.20. The summed E-state index contributed by atoms with van der Waals surface area (Å²) in [6.07, 6.45) is -0.728. The summed E-state index contributed by atoms with van der Waals surface area (Å²) in [5.41, 5.74) is 0.592. The predicted molar refractivity (Wildman–Crippen MR) is 91.4 cm³/mol. The summed E-state index contributed by atoms with van der Waals surface area (Å²) in [5, 5.41) is 12.3. The average Bonchev–Trinajstić information content (AvgIpc) is 2.52. The van der Waals surface area contributed by atoms with Crippen molar-refractivity contribution in [3.8, 4) is 0 Å². The molecular weight excluding hydrogens is 350 g/mol. The molecule has 1 amide bonds. The molecule has 1 aromatic rings. The minimum Gasteiger partial charge on any atom is -0.481 e. The second kappa shape index (κ2) is 10.6. The maximum absolute atomic E-state index is 11.6. The van der Waals surface area contributed by atoms with Gasteiger partial charge in [0.25, 0.3) is 0 Å². The number of carbonyl (C=O) groups excluding carboxylic acids is 2. The zero-order valence-corrected chi connectivity index (χ0v) is 14.9. The average molecular weight is 372 g/mol. The van der Waals surface area contributed by atoms with Gasteiger partial charge in [0, 0.05) is 24.9 Å². The third kappa shape index (κ3) is 7.89. The molecule has 0 radical (unpaired) electrons. The molecule has 2 atom stereocenters. The van der Waals surface area contributed by atoms with E-state index in [1.165, 1.54) is 6.92 Å². The van der Waals surface area contributed by atoms with Crippen molar-refractivity contribution in [1.82, 2.24) is 5.32 Å². The summed E-state index contributed by atoms with van der Waals surface area (Å²) < 4.78 is 9.75. The van der Waals surface area contributed by atoms with Crippen LogP contribution in [0.3, 0.4) is 0 Å². The fourth-order valence-corrected chi connectivity index (χ4v) is 2.24. The van der Waals surface area contributed by atoms with Crippen molar-refractivity contribution in [3.63, 3.8) is 0 Å². The number of aliphatic carboxylic acids is 1. The van der Waals surface area contributed by atoms with Gasteiger partial charge in [0.2, 0.25) is 6.29 Å². The van der Waals surface area contributed by atoms with Crippen molar-refractivity contribution < 1.29 is 29.0 Å². The zero-order chi connectivity index (χ0) is 18.8. The molecule has 0 aliphatic rings. The van der Waals surface area contributed by atoms with E-state index in [0.29, 0.717) is 17.0 Å². The summed E-state index contributed by atoms with van der Waals surface area (Å²) >= 11 is 5.79. The summed E-state index contributed by atoms with van der Waals surface area (Å²) in [5.74, 6) is -2.23. The third-order valence-corrected chi connectivity index (χ3v) is 3.55. The van der Waals surface area contributed by atoms with Gasteiger partial charge in [0.1, 0.15) is 0 Å². The van der Waals surface area contributed by atoms with Gasteiger partial charge < -0.3 is 19.9 Å². The molecule has 0 aliphatic carbocycles. The molecule has 0 bridgehead atoms. The van der Waals surface area contributed by atoms with Crippen LogP contribution >= 0.6 is 11.6 Å². The van der Waals surface area contributed by atoms with E-state index in [9.17, 15) is 19.5 Å². The van der Waals surface area contributed by atoms with Gasteiger partial charge >= 0.3 is 18.0 Å². The SMILES string of the molecule is CCCC(=O)OC(C)OC(=O)NCCC(C(=O)O)c1ccc(Cl)cc1. The second-order valence-electron chi connectivity index (χ2n) is 5.37. The number of benzene rings is 1. The van der Waals surface area contributed by atoms with E-state index in [0.717, 1.165) is 0 Å². The van der Waals surface area contributed by atoms with Gasteiger partial charge in [-0.05, 0) is 30.5 Å². The number of rotatable bonds is 9. The lowest BCUT2D eigenvalue weighted by Crippen LogP contribution is -2.32. The fraction of sp³-hybridized carbons (Fsp3) is 0.471. The molecule has 0 fully saturated rings. The first kappa shape index (κ1) is 20.8. The molecule has 0 heterocycles. The normalized spacial score (nSPS) is 12.8. The molecule has 0 saturated carbocycles. The molecule has 2 unspecified atom stereocenters. The van der Waals surface area contributed by atoms with Crippen LogP contribution in [0.1, 0.15) is 44.6 Å². The first-order valence-electron chi connectivity index (χ1n) is 7.95. The number of hydrogen-bond donors (Lipinski definition) is 2. The Balaban J connectivity index is 2.42. The van der Waals surface area contributed by atoms with Crippen LogP contribution in [0.25, 0.3) is 0 Å². The Bertz CT molecular complexity index is 589. The molecular formula is C17H22ClNO6. The standard InChI is InChI=1S/C17H22ClNO6/c1-3-4-15(20)24-11(2)25-17(23)19-10-9-14(16(21)22)12-5-7-13(18)8-6-12/h5-8,11,14H,3-4,9-10H2,1-2H3,(H,19,23)(H,21,22). The van der Waals surface area contributed by atoms with Crippen molar-refractivity contribution >= 4 is 29.6 Å². The zero-order valence-electron chi connectivity index (χ0n) is 14.2. The van der Waals surface area contributed by atoms with E-state index in [1.807, 2.05) is 6.92 Å². The van der Waals surface area contributed by atoms with Crippen molar-refractivity contribution in [3.05, 3.63) is 34.9 Å². The number of amides is 1. The third-order valence-electron chi connectivity index (χ3n) is 3.30. The number of carbonyl (C=O) groups is 3. The molecule has 0 saturated heterocycles. The van der Waals surface area contributed by atoms with Crippen molar-refractivity contribution in [2.45, 2.75) is 45.3 Å². The van der Waals surface area contributed by atoms with Gasteiger partial charge in [-0.2, -0.15) is 0 Å². The van der Waals surface area contributed by atoms with Crippen LogP contribution in [0, 0.1) is 0 Å². The van der Waals surface area contributed by atoms with E-state index in [-0.39, 0.29) is 19.4 Å². The van der Waals surface area contributed by atoms with Crippen LogP contribution in [0.5, 0.6) is 0 Å². The van der Waals surface area contributed by atoms with Gasteiger partial charge in [-0.1, -0.05) is 30.7 Å². The highest BCUT2D eigenvalue weighted by molar-refractivity contribution is 6.30. The maximum Gasteiger partial charge on any atom is 0.410 e. The summed E-state index contributed by atoms with van der Waals surface area (Å²) in [4.78, 5) is 34.3. The fourth-order valence-electron chi connectivity index (χ4n) is 2.11.